The van der Waals surface area contributed by atoms with E-state index < -0.39 is 0 Å². The predicted octanol–water partition coefficient (Wildman–Crippen LogP) is 4.80. The first-order chi connectivity index (χ1) is 10.2. The second kappa shape index (κ2) is 6.48. The molecule has 0 unspecified atom stereocenters. The molecule has 2 aromatic rings. The van der Waals surface area contributed by atoms with Gasteiger partial charge in [0.15, 0.2) is 0 Å². The Kier molecular flexibility index (Phi) is 4.44. The number of nitrogens with one attached hydrogen (secondary N) is 1. The summed E-state index contributed by atoms with van der Waals surface area (Å²) in [6, 6.07) is 13.5. The van der Waals surface area contributed by atoms with Crippen LogP contribution in [0.2, 0.25) is 0 Å². The van der Waals surface area contributed by atoms with Crippen LogP contribution in [-0.4, -0.2) is 13.1 Å². The third-order valence-corrected chi connectivity index (χ3v) is 4.31. The highest BCUT2D eigenvalue weighted by Crippen LogP contribution is 2.24. The van der Waals surface area contributed by atoms with Crippen LogP contribution in [0.3, 0.4) is 0 Å². The maximum absolute atomic E-state index is 13.8. The number of nitrogens with zero attached hydrogens (tertiary/aromatic N) is 1. The van der Waals surface area contributed by atoms with Crippen LogP contribution < -0.4 is 10.2 Å². The van der Waals surface area contributed by atoms with E-state index in [1.807, 2.05) is 18.2 Å². The second-order valence-corrected chi connectivity index (χ2v) is 6.25. The summed E-state index contributed by atoms with van der Waals surface area (Å²) in [6.45, 7) is 2.75. The van der Waals surface area contributed by atoms with Gasteiger partial charge in [-0.2, -0.15) is 0 Å². The van der Waals surface area contributed by atoms with Crippen molar-refractivity contribution in [3.8, 4) is 0 Å². The maximum Gasteiger partial charge on any atom is 0.129 e. The predicted molar refractivity (Wildman–Crippen MR) is 89.3 cm³/mol. The molecule has 4 heteroatoms. The fourth-order valence-electron chi connectivity index (χ4n) is 2.65. The highest BCUT2D eigenvalue weighted by Gasteiger charge is 2.12. The monoisotopic (exact) mass is 348 g/mol. The van der Waals surface area contributed by atoms with Gasteiger partial charge in [0.25, 0.3) is 0 Å². The van der Waals surface area contributed by atoms with E-state index in [4.69, 9.17) is 0 Å². The lowest BCUT2D eigenvalue weighted by Gasteiger charge is -2.18. The van der Waals surface area contributed by atoms with Crippen molar-refractivity contribution in [1.29, 1.82) is 0 Å². The Morgan fingerprint density at radius 1 is 1.10 bits per heavy atom. The molecule has 1 fully saturated rings. The fourth-order valence-corrected chi connectivity index (χ4v) is 2.98. The summed E-state index contributed by atoms with van der Waals surface area (Å²) in [5, 5.41) is 3.30. The van der Waals surface area contributed by atoms with Gasteiger partial charge in [0.1, 0.15) is 5.82 Å². The maximum atomic E-state index is 13.8. The van der Waals surface area contributed by atoms with Crippen molar-refractivity contribution in [1.82, 2.24) is 0 Å². The molecular weight excluding hydrogens is 331 g/mol. The number of benzene rings is 2. The molecule has 1 saturated heterocycles. The molecule has 110 valence electrons. The van der Waals surface area contributed by atoms with Crippen LogP contribution in [0.5, 0.6) is 0 Å². The van der Waals surface area contributed by atoms with Crippen molar-refractivity contribution in [2.75, 3.05) is 23.3 Å². The van der Waals surface area contributed by atoms with Crippen molar-refractivity contribution in [2.24, 2.45) is 0 Å². The summed E-state index contributed by atoms with van der Waals surface area (Å²) in [4.78, 5) is 2.39. The molecule has 1 N–H and O–H groups in total. The molecule has 0 bridgehead atoms. The highest BCUT2D eigenvalue weighted by molar-refractivity contribution is 9.10. The van der Waals surface area contributed by atoms with Gasteiger partial charge < -0.3 is 10.2 Å². The topological polar surface area (TPSA) is 15.3 Å². The summed E-state index contributed by atoms with van der Waals surface area (Å²) >= 11 is 3.27. The Hall–Kier alpha value is -1.55. The molecule has 1 heterocycles. The number of hydrogen-bond acceptors (Lipinski definition) is 2. The normalized spacial score (nSPS) is 14.5. The second-order valence-electron chi connectivity index (χ2n) is 5.33. The van der Waals surface area contributed by atoms with E-state index >= 15 is 0 Å². The van der Waals surface area contributed by atoms with Crippen LogP contribution in [0.15, 0.2) is 46.9 Å². The average molecular weight is 349 g/mol. The Bertz CT molecular complexity index is 624. The summed E-state index contributed by atoms with van der Waals surface area (Å²) in [6.07, 6.45) is 2.53. The van der Waals surface area contributed by atoms with Crippen LogP contribution in [0.4, 0.5) is 15.8 Å². The number of anilines is 2. The van der Waals surface area contributed by atoms with E-state index in [-0.39, 0.29) is 5.82 Å². The molecule has 2 nitrogen and oxygen atoms in total. The molecule has 1 aliphatic heterocycles. The van der Waals surface area contributed by atoms with Gasteiger partial charge in [-0.15, -0.1) is 0 Å². The van der Waals surface area contributed by atoms with Gasteiger partial charge >= 0.3 is 0 Å². The van der Waals surface area contributed by atoms with Crippen LogP contribution in [0.1, 0.15) is 18.4 Å². The first kappa shape index (κ1) is 14.4. The van der Waals surface area contributed by atoms with Gasteiger partial charge in [0.05, 0.1) is 0 Å². The molecule has 0 amide bonds. The summed E-state index contributed by atoms with van der Waals surface area (Å²) in [5.41, 5.74) is 2.94. The highest BCUT2D eigenvalue weighted by atomic mass is 79.9. The average Bonchev–Trinajstić information content (AvgIpc) is 3.01. The van der Waals surface area contributed by atoms with E-state index in [0.717, 1.165) is 23.2 Å². The van der Waals surface area contributed by atoms with Crippen molar-refractivity contribution in [3.63, 3.8) is 0 Å². The Morgan fingerprint density at radius 2 is 1.90 bits per heavy atom. The van der Waals surface area contributed by atoms with Crippen molar-refractivity contribution < 1.29 is 4.39 Å². The summed E-state index contributed by atoms with van der Waals surface area (Å²) in [5.74, 6) is -0.187. The van der Waals surface area contributed by atoms with Crippen molar-refractivity contribution in [2.45, 2.75) is 19.4 Å². The zero-order valence-electron chi connectivity index (χ0n) is 11.8. The molecule has 0 atom stereocenters. The van der Waals surface area contributed by atoms with Gasteiger partial charge in [0, 0.05) is 41.0 Å². The first-order valence-electron chi connectivity index (χ1n) is 7.25. The van der Waals surface area contributed by atoms with E-state index in [0.29, 0.717) is 12.1 Å². The molecule has 1 aliphatic rings. The van der Waals surface area contributed by atoms with E-state index in [2.05, 4.69) is 38.3 Å². The minimum atomic E-state index is -0.187. The number of hydrogen-bond donors (Lipinski definition) is 1. The van der Waals surface area contributed by atoms with Gasteiger partial charge in [-0.3, -0.25) is 0 Å². The molecule has 0 radical (unpaired) electrons. The lowest BCUT2D eigenvalue weighted by molar-refractivity contribution is 0.612. The van der Waals surface area contributed by atoms with Gasteiger partial charge in [0.2, 0.25) is 0 Å². The summed E-state index contributed by atoms with van der Waals surface area (Å²) in [7, 11) is 0. The molecule has 0 saturated carbocycles. The van der Waals surface area contributed by atoms with Gasteiger partial charge in [-0.05, 0) is 43.2 Å². The van der Waals surface area contributed by atoms with Crippen LogP contribution in [-0.2, 0) is 6.54 Å². The summed E-state index contributed by atoms with van der Waals surface area (Å²) < 4.78 is 14.6. The minimum absolute atomic E-state index is 0.187. The molecular formula is C17H18BrFN2. The first-order valence-corrected chi connectivity index (χ1v) is 8.04. The SMILES string of the molecule is Fc1cc(Br)ccc1CNc1cccc(N2CCCC2)c1. The van der Waals surface area contributed by atoms with Crippen molar-refractivity contribution >= 4 is 27.3 Å². The Balaban J connectivity index is 1.68. The molecule has 0 aromatic heterocycles. The fraction of sp³-hybridized carbons (Fsp3) is 0.294. The molecule has 2 aromatic carbocycles. The molecule has 0 aliphatic carbocycles. The van der Waals surface area contributed by atoms with E-state index in [9.17, 15) is 4.39 Å². The zero-order valence-corrected chi connectivity index (χ0v) is 13.4. The number of halogens is 2. The quantitative estimate of drug-likeness (QED) is 0.853. The standard InChI is InChI=1S/C17H18BrFN2/c18-14-7-6-13(17(19)10-14)12-20-15-4-3-5-16(11-15)21-8-1-2-9-21/h3-7,10-11,20H,1-2,8-9,12H2. The molecule has 3 rings (SSSR count). The third-order valence-electron chi connectivity index (χ3n) is 3.82. The molecule has 21 heavy (non-hydrogen) atoms. The zero-order chi connectivity index (χ0) is 14.7. The van der Waals surface area contributed by atoms with E-state index in [1.165, 1.54) is 24.6 Å². The van der Waals surface area contributed by atoms with Crippen LogP contribution >= 0.6 is 15.9 Å². The van der Waals surface area contributed by atoms with Gasteiger partial charge in [-0.1, -0.05) is 28.1 Å². The minimum Gasteiger partial charge on any atom is -0.381 e. The van der Waals surface area contributed by atoms with Gasteiger partial charge in [-0.25, -0.2) is 4.39 Å². The lowest BCUT2D eigenvalue weighted by atomic mass is 10.2. The number of rotatable bonds is 4. The van der Waals surface area contributed by atoms with Crippen molar-refractivity contribution in [3.05, 3.63) is 58.3 Å². The van der Waals surface area contributed by atoms with Crippen LogP contribution in [0, 0.1) is 5.82 Å². The molecule has 0 spiro atoms. The third kappa shape index (κ3) is 3.56. The lowest BCUT2D eigenvalue weighted by Crippen LogP contribution is -2.17. The van der Waals surface area contributed by atoms with E-state index in [1.54, 1.807) is 6.07 Å². The largest absolute Gasteiger partial charge is 0.381 e. The Labute approximate surface area is 133 Å². The van der Waals surface area contributed by atoms with Crippen LogP contribution in [0.25, 0.3) is 0 Å². The Morgan fingerprint density at radius 3 is 2.67 bits per heavy atom. The smallest absolute Gasteiger partial charge is 0.129 e.